The predicted molar refractivity (Wildman–Crippen MR) is 76.1 cm³/mol. The highest BCUT2D eigenvalue weighted by Crippen LogP contribution is 2.18. The maximum Gasteiger partial charge on any atom is 0.0694 e. The Balaban J connectivity index is 2.47. The maximum absolute atomic E-state index is 9.90. The molecule has 0 aliphatic rings. The Labute approximate surface area is 112 Å². The number of benzene rings is 1. The molecule has 0 bridgehead atoms. The van der Waals surface area contributed by atoms with Gasteiger partial charge in [0.1, 0.15) is 0 Å². The van der Waals surface area contributed by atoms with Crippen LogP contribution >= 0.6 is 15.9 Å². The van der Waals surface area contributed by atoms with E-state index in [0.29, 0.717) is 0 Å². The fraction of sp³-hybridized carbons (Fsp3) is 0.571. The molecule has 2 unspecified atom stereocenters. The van der Waals surface area contributed by atoms with E-state index in [9.17, 15) is 5.11 Å². The molecule has 0 amide bonds. The van der Waals surface area contributed by atoms with E-state index in [2.05, 4.69) is 48.0 Å². The van der Waals surface area contributed by atoms with Gasteiger partial charge in [-0.1, -0.05) is 41.4 Å². The van der Waals surface area contributed by atoms with Crippen molar-refractivity contribution >= 4 is 15.9 Å². The van der Waals surface area contributed by atoms with Gasteiger partial charge in [0, 0.05) is 10.5 Å². The quantitative estimate of drug-likeness (QED) is 0.847. The molecule has 0 aliphatic carbocycles. The number of aryl methyl sites for hydroxylation is 2. The first-order valence-electron chi connectivity index (χ1n) is 6.23. The van der Waals surface area contributed by atoms with Crippen LogP contribution in [0.4, 0.5) is 0 Å². The molecule has 2 nitrogen and oxygen atoms in total. The van der Waals surface area contributed by atoms with Crippen molar-refractivity contribution in [3.63, 3.8) is 0 Å². The average Bonchev–Trinajstić information content (AvgIpc) is 2.30. The van der Waals surface area contributed by atoms with Gasteiger partial charge in [0.25, 0.3) is 0 Å². The van der Waals surface area contributed by atoms with E-state index in [1.807, 2.05) is 0 Å². The molecule has 0 saturated heterocycles. The number of hydrogen-bond acceptors (Lipinski definition) is 2. The second kappa shape index (κ2) is 7.14. The van der Waals surface area contributed by atoms with Gasteiger partial charge < -0.3 is 10.8 Å². The Bertz CT molecular complexity index is 354. The van der Waals surface area contributed by atoms with Crippen LogP contribution in [-0.2, 0) is 6.42 Å². The van der Waals surface area contributed by atoms with Crippen LogP contribution in [-0.4, -0.2) is 17.3 Å². The largest absolute Gasteiger partial charge is 0.392 e. The van der Waals surface area contributed by atoms with Crippen LogP contribution in [0.1, 0.15) is 37.3 Å². The minimum atomic E-state index is -0.390. The van der Waals surface area contributed by atoms with Crippen LogP contribution in [0.3, 0.4) is 0 Å². The van der Waals surface area contributed by atoms with Crippen molar-refractivity contribution in [2.45, 2.75) is 51.7 Å². The molecule has 2 atom stereocenters. The lowest BCUT2D eigenvalue weighted by molar-refractivity contribution is 0.131. The number of aliphatic hydroxyl groups is 1. The van der Waals surface area contributed by atoms with Gasteiger partial charge in [-0.15, -0.1) is 0 Å². The molecule has 17 heavy (non-hydrogen) atoms. The van der Waals surface area contributed by atoms with Crippen LogP contribution in [0.15, 0.2) is 22.7 Å². The van der Waals surface area contributed by atoms with Gasteiger partial charge in [-0.25, -0.2) is 0 Å². The van der Waals surface area contributed by atoms with E-state index >= 15 is 0 Å². The summed E-state index contributed by atoms with van der Waals surface area (Å²) in [4.78, 5) is 0. The van der Waals surface area contributed by atoms with Crippen LogP contribution in [0, 0.1) is 6.92 Å². The Morgan fingerprint density at radius 2 is 2.06 bits per heavy atom. The molecule has 0 saturated carbocycles. The van der Waals surface area contributed by atoms with Crippen LogP contribution in [0.25, 0.3) is 0 Å². The number of nitrogens with two attached hydrogens (primary N) is 1. The van der Waals surface area contributed by atoms with Gasteiger partial charge in [0.15, 0.2) is 0 Å². The number of aliphatic hydroxyl groups excluding tert-OH is 1. The fourth-order valence-corrected chi connectivity index (χ4v) is 2.16. The third-order valence-corrected chi connectivity index (χ3v) is 3.96. The monoisotopic (exact) mass is 299 g/mol. The summed E-state index contributed by atoms with van der Waals surface area (Å²) in [6.45, 7) is 4.16. The van der Waals surface area contributed by atoms with Gasteiger partial charge in [-0.05, 0) is 43.4 Å². The van der Waals surface area contributed by atoms with Gasteiger partial charge in [0.05, 0.1) is 6.10 Å². The average molecular weight is 300 g/mol. The summed E-state index contributed by atoms with van der Waals surface area (Å²) >= 11 is 3.48. The summed E-state index contributed by atoms with van der Waals surface area (Å²) in [5.41, 5.74) is 8.38. The predicted octanol–water partition coefficient (Wildman–Crippen LogP) is 3.18. The first-order chi connectivity index (χ1) is 8.04. The highest BCUT2D eigenvalue weighted by molar-refractivity contribution is 9.10. The maximum atomic E-state index is 9.90. The Morgan fingerprint density at radius 3 is 2.65 bits per heavy atom. The van der Waals surface area contributed by atoms with E-state index in [-0.39, 0.29) is 12.1 Å². The Morgan fingerprint density at radius 1 is 1.35 bits per heavy atom. The summed E-state index contributed by atoms with van der Waals surface area (Å²) in [5, 5.41) is 9.90. The van der Waals surface area contributed by atoms with Crippen molar-refractivity contribution in [2.24, 2.45) is 5.73 Å². The Kier molecular flexibility index (Phi) is 6.17. The molecular formula is C14H22BrNO. The number of rotatable bonds is 6. The van der Waals surface area contributed by atoms with Crippen molar-refractivity contribution in [3.8, 4) is 0 Å². The molecule has 0 heterocycles. The summed E-state index contributed by atoms with van der Waals surface area (Å²) in [7, 11) is 0. The van der Waals surface area contributed by atoms with E-state index in [0.717, 1.165) is 30.2 Å². The minimum Gasteiger partial charge on any atom is -0.392 e. The zero-order chi connectivity index (χ0) is 12.8. The minimum absolute atomic E-state index is 0.0865. The smallest absolute Gasteiger partial charge is 0.0694 e. The third-order valence-electron chi connectivity index (χ3n) is 3.07. The van der Waals surface area contributed by atoms with Gasteiger partial charge in [0.2, 0.25) is 0 Å². The molecule has 0 aliphatic heterocycles. The second-order valence-corrected chi connectivity index (χ2v) is 5.50. The lowest BCUT2D eigenvalue weighted by Gasteiger charge is -2.18. The second-order valence-electron chi connectivity index (χ2n) is 4.64. The van der Waals surface area contributed by atoms with Crippen molar-refractivity contribution in [2.75, 3.05) is 0 Å². The van der Waals surface area contributed by atoms with E-state index in [4.69, 9.17) is 5.73 Å². The molecular weight excluding hydrogens is 278 g/mol. The first kappa shape index (κ1) is 14.7. The molecule has 96 valence electrons. The molecule has 1 aromatic rings. The zero-order valence-electron chi connectivity index (χ0n) is 10.6. The van der Waals surface area contributed by atoms with Crippen molar-refractivity contribution in [3.05, 3.63) is 33.8 Å². The lowest BCUT2D eigenvalue weighted by atomic mass is 9.99. The van der Waals surface area contributed by atoms with E-state index < -0.39 is 0 Å². The molecule has 0 spiro atoms. The summed E-state index contributed by atoms with van der Waals surface area (Å²) in [5.74, 6) is 0. The normalized spacial score (nSPS) is 14.6. The Hall–Kier alpha value is -0.380. The summed E-state index contributed by atoms with van der Waals surface area (Å²) < 4.78 is 1.13. The van der Waals surface area contributed by atoms with Gasteiger partial charge in [-0.2, -0.15) is 0 Å². The van der Waals surface area contributed by atoms with Crippen LogP contribution in [0.5, 0.6) is 0 Å². The highest BCUT2D eigenvalue weighted by atomic mass is 79.9. The van der Waals surface area contributed by atoms with Crippen LogP contribution < -0.4 is 5.73 Å². The molecule has 1 aromatic carbocycles. The topological polar surface area (TPSA) is 46.2 Å². The number of halogens is 1. The molecule has 0 fully saturated rings. The molecule has 0 radical (unpaired) electrons. The lowest BCUT2D eigenvalue weighted by Crippen LogP contribution is -2.34. The third kappa shape index (κ3) is 4.78. The van der Waals surface area contributed by atoms with Crippen molar-refractivity contribution in [1.29, 1.82) is 0 Å². The molecule has 1 rings (SSSR count). The van der Waals surface area contributed by atoms with E-state index in [1.165, 1.54) is 11.1 Å². The fourth-order valence-electron chi connectivity index (χ4n) is 1.92. The van der Waals surface area contributed by atoms with Gasteiger partial charge in [-0.3, -0.25) is 0 Å². The van der Waals surface area contributed by atoms with Crippen molar-refractivity contribution in [1.82, 2.24) is 0 Å². The SMILES string of the molecule is CCCC(N)C(O)CCc1ccc(Br)c(C)c1. The highest BCUT2D eigenvalue weighted by Gasteiger charge is 2.13. The first-order valence-corrected chi connectivity index (χ1v) is 7.02. The summed E-state index contributed by atoms with van der Waals surface area (Å²) in [6, 6.07) is 6.22. The van der Waals surface area contributed by atoms with E-state index in [1.54, 1.807) is 0 Å². The number of hydrogen-bond donors (Lipinski definition) is 2. The molecule has 3 heteroatoms. The molecule has 0 aromatic heterocycles. The standard InChI is InChI=1S/C14H22BrNO/c1-3-4-13(16)14(17)8-6-11-5-7-12(15)10(2)9-11/h5,7,9,13-14,17H,3-4,6,8,16H2,1-2H3. The zero-order valence-corrected chi connectivity index (χ0v) is 12.2. The van der Waals surface area contributed by atoms with Crippen molar-refractivity contribution < 1.29 is 5.11 Å². The van der Waals surface area contributed by atoms with Crippen LogP contribution in [0.2, 0.25) is 0 Å². The summed E-state index contributed by atoms with van der Waals surface area (Å²) in [6.07, 6.45) is 3.14. The molecule has 3 N–H and O–H groups in total. The van der Waals surface area contributed by atoms with Gasteiger partial charge >= 0.3 is 0 Å².